The van der Waals surface area contributed by atoms with Crippen LogP contribution in [0.25, 0.3) is 0 Å². The Hall–Kier alpha value is -4.00. The molecule has 0 bridgehead atoms. The van der Waals surface area contributed by atoms with Gasteiger partial charge in [0.15, 0.2) is 0 Å². The van der Waals surface area contributed by atoms with Gasteiger partial charge in [0.05, 0.1) is 17.4 Å². The van der Waals surface area contributed by atoms with Crippen molar-refractivity contribution < 1.29 is 19.2 Å². The molecule has 7 heteroatoms. The highest BCUT2D eigenvalue weighted by Gasteiger charge is 2.22. The summed E-state index contributed by atoms with van der Waals surface area (Å²) < 4.78 is 5.50. The predicted molar refractivity (Wildman–Crippen MR) is 115 cm³/mol. The number of carbonyl (C=O) groups excluding carboxylic acids is 2. The van der Waals surface area contributed by atoms with Crippen LogP contribution in [-0.4, -0.2) is 16.8 Å². The number of carbonyl (C=O) groups is 2. The zero-order valence-corrected chi connectivity index (χ0v) is 16.9. The fourth-order valence-corrected chi connectivity index (χ4v) is 3.14. The SMILES string of the molecule is C[C@@H](OC(=O)C[C@@H](NC(=O)c1ccccc1)c1ccccc1)c1cccc([N+](=O)[O-])c1. The fraction of sp³-hybridized carbons (Fsp3) is 0.167. The molecular weight excluding hydrogens is 396 g/mol. The molecule has 0 fully saturated rings. The Morgan fingerprint density at radius 2 is 1.55 bits per heavy atom. The van der Waals surface area contributed by atoms with E-state index in [1.807, 2.05) is 36.4 Å². The Morgan fingerprint density at radius 3 is 2.19 bits per heavy atom. The summed E-state index contributed by atoms with van der Waals surface area (Å²) in [6.45, 7) is 1.65. The van der Waals surface area contributed by atoms with Gasteiger partial charge in [0.25, 0.3) is 11.6 Å². The summed E-state index contributed by atoms with van der Waals surface area (Å²) in [5.41, 5.74) is 1.71. The Kier molecular flexibility index (Phi) is 7.11. The van der Waals surface area contributed by atoms with Crippen LogP contribution in [0, 0.1) is 10.1 Å². The van der Waals surface area contributed by atoms with Gasteiger partial charge < -0.3 is 10.1 Å². The third kappa shape index (κ3) is 5.99. The van der Waals surface area contributed by atoms with Gasteiger partial charge >= 0.3 is 5.97 Å². The molecule has 0 saturated carbocycles. The number of rotatable bonds is 8. The van der Waals surface area contributed by atoms with Crippen molar-refractivity contribution in [2.24, 2.45) is 0 Å². The molecule has 31 heavy (non-hydrogen) atoms. The molecule has 0 aliphatic heterocycles. The number of hydrogen-bond acceptors (Lipinski definition) is 5. The number of nitrogens with one attached hydrogen (secondary N) is 1. The normalized spacial score (nSPS) is 12.4. The van der Waals surface area contributed by atoms with Gasteiger partial charge in [-0.3, -0.25) is 19.7 Å². The number of nitrogens with zero attached hydrogens (tertiary/aromatic N) is 1. The first-order valence-corrected chi connectivity index (χ1v) is 9.78. The summed E-state index contributed by atoms with van der Waals surface area (Å²) in [5.74, 6) is -0.824. The molecule has 7 nitrogen and oxygen atoms in total. The summed E-state index contributed by atoms with van der Waals surface area (Å²) in [4.78, 5) is 35.7. The molecule has 2 atom stereocenters. The highest BCUT2D eigenvalue weighted by Crippen LogP contribution is 2.24. The molecule has 3 aromatic rings. The first-order chi connectivity index (χ1) is 14.9. The number of hydrogen-bond donors (Lipinski definition) is 1. The zero-order chi connectivity index (χ0) is 22.2. The van der Waals surface area contributed by atoms with Crippen LogP contribution >= 0.6 is 0 Å². The van der Waals surface area contributed by atoms with E-state index >= 15 is 0 Å². The lowest BCUT2D eigenvalue weighted by atomic mass is 10.0. The quantitative estimate of drug-likeness (QED) is 0.323. The summed E-state index contributed by atoms with van der Waals surface area (Å²) in [6.07, 6.45) is -0.754. The smallest absolute Gasteiger partial charge is 0.308 e. The van der Waals surface area contributed by atoms with Crippen molar-refractivity contribution in [2.75, 3.05) is 0 Å². The molecule has 0 radical (unpaired) electrons. The van der Waals surface area contributed by atoms with E-state index in [2.05, 4.69) is 5.32 Å². The van der Waals surface area contributed by atoms with Crippen LogP contribution < -0.4 is 5.32 Å². The lowest BCUT2D eigenvalue weighted by Crippen LogP contribution is -2.30. The minimum absolute atomic E-state index is 0.0716. The van der Waals surface area contributed by atoms with E-state index in [4.69, 9.17) is 4.74 Å². The highest BCUT2D eigenvalue weighted by molar-refractivity contribution is 5.94. The van der Waals surface area contributed by atoms with Crippen LogP contribution in [0.15, 0.2) is 84.9 Å². The second-order valence-electron chi connectivity index (χ2n) is 6.99. The minimum atomic E-state index is -0.673. The third-order valence-electron chi connectivity index (χ3n) is 4.77. The monoisotopic (exact) mass is 418 g/mol. The van der Waals surface area contributed by atoms with Gasteiger partial charge in [-0.05, 0) is 30.2 Å². The molecule has 0 aliphatic rings. The topological polar surface area (TPSA) is 98.5 Å². The van der Waals surface area contributed by atoms with E-state index in [1.165, 1.54) is 12.1 Å². The molecule has 1 N–H and O–H groups in total. The van der Waals surface area contributed by atoms with Gasteiger partial charge in [-0.2, -0.15) is 0 Å². The first kappa shape index (κ1) is 21.7. The molecule has 0 aliphatic carbocycles. The van der Waals surface area contributed by atoms with Gasteiger partial charge in [0, 0.05) is 17.7 Å². The summed E-state index contributed by atoms with van der Waals surface area (Å²) in [5, 5.41) is 13.9. The van der Waals surface area contributed by atoms with E-state index in [-0.39, 0.29) is 18.0 Å². The number of esters is 1. The van der Waals surface area contributed by atoms with Gasteiger partial charge in [-0.1, -0.05) is 60.7 Å². The van der Waals surface area contributed by atoms with Crippen LogP contribution in [0.2, 0.25) is 0 Å². The van der Waals surface area contributed by atoms with Crippen molar-refractivity contribution in [3.05, 3.63) is 112 Å². The van der Waals surface area contributed by atoms with E-state index in [0.29, 0.717) is 11.1 Å². The maximum Gasteiger partial charge on any atom is 0.308 e. The number of ether oxygens (including phenoxy) is 1. The second-order valence-corrected chi connectivity index (χ2v) is 6.99. The molecule has 0 unspecified atom stereocenters. The van der Waals surface area contributed by atoms with Crippen molar-refractivity contribution in [3.8, 4) is 0 Å². The average molecular weight is 418 g/mol. The van der Waals surface area contributed by atoms with Gasteiger partial charge in [0.1, 0.15) is 6.10 Å². The van der Waals surface area contributed by atoms with Crippen molar-refractivity contribution in [1.29, 1.82) is 0 Å². The predicted octanol–water partition coefficient (Wildman–Crippen LogP) is 4.76. The number of nitro groups is 1. The van der Waals surface area contributed by atoms with Crippen molar-refractivity contribution in [1.82, 2.24) is 5.32 Å². The molecule has 158 valence electrons. The number of nitro benzene ring substituents is 1. The van der Waals surface area contributed by atoms with Crippen LogP contribution in [0.5, 0.6) is 0 Å². The Morgan fingerprint density at radius 1 is 0.935 bits per heavy atom. The van der Waals surface area contributed by atoms with E-state index in [0.717, 1.165) is 5.56 Å². The molecule has 0 heterocycles. The lowest BCUT2D eigenvalue weighted by Gasteiger charge is -2.20. The van der Waals surface area contributed by atoms with E-state index in [1.54, 1.807) is 43.3 Å². The Bertz CT molecular complexity index is 1050. The average Bonchev–Trinajstić information content (AvgIpc) is 2.79. The summed E-state index contributed by atoms with van der Waals surface area (Å²) in [7, 11) is 0. The molecular formula is C24H22N2O5. The van der Waals surface area contributed by atoms with Gasteiger partial charge in [-0.25, -0.2) is 0 Å². The maximum atomic E-state index is 12.6. The highest BCUT2D eigenvalue weighted by atomic mass is 16.6. The van der Waals surface area contributed by atoms with Crippen LogP contribution in [0.3, 0.4) is 0 Å². The van der Waals surface area contributed by atoms with Gasteiger partial charge in [0.2, 0.25) is 0 Å². The minimum Gasteiger partial charge on any atom is -0.458 e. The maximum absolute atomic E-state index is 12.6. The van der Waals surface area contributed by atoms with E-state index in [9.17, 15) is 19.7 Å². The van der Waals surface area contributed by atoms with E-state index < -0.39 is 23.0 Å². The first-order valence-electron chi connectivity index (χ1n) is 9.78. The summed E-state index contributed by atoms with van der Waals surface area (Å²) >= 11 is 0. The van der Waals surface area contributed by atoms with Crippen LogP contribution in [0.1, 0.15) is 47.0 Å². The largest absolute Gasteiger partial charge is 0.458 e. The fourth-order valence-electron chi connectivity index (χ4n) is 3.14. The molecule has 3 aromatic carbocycles. The van der Waals surface area contributed by atoms with Crippen molar-refractivity contribution in [2.45, 2.75) is 25.5 Å². The zero-order valence-electron chi connectivity index (χ0n) is 16.9. The number of benzene rings is 3. The summed E-state index contributed by atoms with van der Waals surface area (Å²) in [6, 6.07) is 23.3. The van der Waals surface area contributed by atoms with Crippen LogP contribution in [0.4, 0.5) is 5.69 Å². The van der Waals surface area contributed by atoms with Crippen LogP contribution in [-0.2, 0) is 9.53 Å². The molecule has 0 saturated heterocycles. The van der Waals surface area contributed by atoms with Crippen molar-refractivity contribution in [3.63, 3.8) is 0 Å². The standard InChI is InChI=1S/C24H22N2O5/c1-17(20-13-8-14-21(15-20)26(29)30)31-23(27)16-22(18-9-4-2-5-10-18)25-24(28)19-11-6-3-7-12-19/h2-15,17,22H,16H2,1H3,(H,25,28)/t17-,22-/m1/s1. The molecule has 0 spiro atoms. The number of amides is 1. The Labute approximate surface area is 179 Å². The molecule has 3 rings (SSSR count). The Balaban J connectivity index is 1.71. The molecule has 1 amide bonds. The molecule has 0 aromatic heterocycles. The third-order valence-corrected chi connectivity index (χ3v) is 4.77. The number of non-ortho nitro benzene ring substituents is 1. The van der Waals surface area contributed by atoms with Gasteiger partial charge in [-0.15, -0.1) is 0 Å². The second kappa shape index (κ2) is 10.2. The van der Waals surface area contributed by atoms with Crippen molar-refractivity contribution >= 4 is 17.6 Å². The lowest BCUT2D eigenvalue weighted by molar-refractivity contribution is -0.385.